The zero-order chi connectivity index (χ0) is 17.4. The van der Waals surface area contributed by atoms with Gasteiger partial charge in [-0.2, -0.15) is 0 Å². The first-order chi connectivity index (χ1) is 11.6. The van der Waals surface area contributed by atoms with Crippen molar-refractivity contribution in [2.45, 2.75) is 20.0 Å². The lowest BCUT2D eigenvalue weighted by molar-refractivity contribution is -0.127. The van der Waals surface area contributed by atoms with Crippen molar-refractivity contribution in [3.8, 4) is 17.2 Å². The molecule has 24 heavy (non-hydrogen) atoms. The van der Waals surface area contributed by atoms with Gasteiger partial charge in [-0.1, -0.05) is 18.2 Å². The van der Waals surface area contributed by atoms with Crippen LogP contribution in [-0.2, 0) is 4.79 Å². The van der Waals surface area contributed by atoms with Crippen LogP contribution >= 0.6 is 0 Å². The number of carbonyl (C=O) groups is 1. The van der Waals surface area contributed by atoms with E-state index in [1.165, 1.54) is 0 Å². The lowest BCUT2D eigenvalue weighted by atomic mass is 10.2. The van der Waals surface area contributed by atoms with Gasteiger partial charge in [0.15, 0.2) is 6.10 Å². The van der Waals surface area contributed by atoms with Crippen molar-refractivity contribution in [2.75, 3.05) is 20.3 Å². The molecule has 2 rings (SSSR count). The fraction of sp³-hybridized carbons (Fsp3) is 0.316. The van der Waals surface area contributed by atoms with Crippen molar-refractivity contribution in [3.05, 3.63) is 54.1 Å². The van der Waals surface area contributed by atoms with Gasteiger partial charge < -0.3 is 19.5 Å². The summed E-state index contributed by atoms with van der Waals surface area (Å²) in [7, 11) is 1.61. The molecule has 0 saturated carbocycles. The predicted molar refractivity (Wildman–Crippen MR) is 92.8 cm³/mol. The fourth-order valence-electron chi connectivity index (χ4n) is 2.12. The van der Waals surface area contributed by atoms with Crippen LogP contribution in [0.25, 0.3) is 0 Å². The summed E-state index contributed by atoms with van der Waals surface area (Å²) in [4.78, 5) is 12.0. The van der Waals surface area contributed by atoms with E-state index >= 15 is 0 Å². The number of hydrogen-bond acceptors (Lipinski definition) is 4. The molecule has 0 saturated heterocycles. The largest absolute Gasteiger partial charge is 0.497 e. The van der Waals surface area contributed by atoms with Crippen molar-refractivity contribution < 1.29 is 19.0 Å². The van der Waals surface area contributed by atoms with E-state index in [1.807, 2.05) is 49.4 Å². The molecule has 2 aromatic carbocycles. The Morgan fingerprint density at radius 2 is 1.79 bits per heavy atom. The lowest BCUT2D eigenvalue weighted by Gasteiger charge is -2.15. The summed E-state index contributed by atoms with van der Waals surface area (Å²) < 4.78 is 16.3. The van der Waals surface area contributed by atoms with E-state index in [9.17, 15) is 4.79 Å². The van der Waals surface area contributed by atoms with Crippen LogP contribution in [-0.4, -0.2) is 32.3 Å². The second-order valence-electron chi connectivity index (χ2n) is 5.40. The lowest BCUT2D eigenvalue weighted by Crippen LogP contribution is -2.38. The van der Waals surface area contributed by atoms with E-state index in [-0.39, 0.29) is 5.91 Å². The number of aryl methyl sites for hydroxylation is 1. The molecule has 128 valence electrons. The highest BCUT2D eigenvalue weighted by Crippen LogP contribution is 2.18. The zero-order valence-electron chi connectivity index (χ0n) is 14.2. The molecule has 1 atom stereocenters. The van der Waals surface area contributed by atoms with Crippen LogP contribution in [0.3, 0.4) is 0 Å². The van der Waals surface area contributed by atoms with Gasteiger partial charge in [0.2, 0.25) is 0 Å². The minimum atomic E-state index is -0.566. The molecule has 1 unspecified atom stereocenters. The first-order valence-electron chi connectivity index (χ1n) is 7.86. The van der Waals surface area contributed by atoms with Gasteiger partial charge in [-0.25, -0.2) is 0 Å². The Labute approximate surface area is 142 Å². The molecule has 5 nitrogen and oxygen atoms in total. The Balaban J connectivity index is 1.72. The average Bonchev–Trinajstić information content (AvgIpc) is 2.58. The van der Waals surface area contributed by atoms with Crippen LogP contribution in [0.1, 0.15) is 12.5 Å². The fourth-order valence-corrected chi connectivity index (χ4v) is 2.12. The summed E-state index contributed by atoms with van der Waals surface area (Å²) in [5.41, 5.74) is 1.09. The Bertz CT molecular complexity index is 672. The van der Waals surface area contributed by atoms with Gasteiger partial charge in [0.1, 0.15) is 23.9 Å². The van der Waals surface area contributed by atoms with Crippen LogP contribution in [0.5, 0.6) is 17.2 Å². The minimum absolute atomic E-state index is 0.175. The number of benzene rings is 2. The monoisotopic (exact) mass is 329 g/mol. The van der Waals surface area contributed by atoms with Crippen LogP contribution in [0, 0.1) is 6.92 Å². The average molecular weight is 329 g/mol. The van der Waals surface area contributed by atoms with Crippen LogP contribution in [0.15, 0.2) is 48.5 Å². The molecule has 0 aromatic heterocycles. The predicted octanol–water partition coefficient (Wildman–Crippen LogP) is 2.97. The minimum Gasteiger partial charge on any atom is -0.497 e. The number of hydrogen-bond donors (Lipinski definition) is 1. The third-order valence-electron chi connectivity index (χ3n) is 3.38. The highest BCUT2D eigenvalue weighted by Gasteiger charge is 2.14. The molecule has 0 aliphatic rings. The molecule has 0 aliphatic heterocycles. The molecule has 1 amide bonds. The normalized spacial score (nSPS) is 11.5. The van der Waals surface area contributed by atoms with E-state index in [4.69, 9.17) is 14.2 Å². The number of ether oxygens (including phenoxy) is 3. The van der Waals surface area contributed by atoms with Gasteiger partial charge >= 0.3 is 0 Å². The van der Waals surface area contributed by atoms with Crippen molar-refractivity contribution in [2.24, 2.45) is 0 Å². The van der Waals surface area contributed by atoms with E-state index in [0.717, 1.165) is 11.3 Å². The van der Waals surface area contributed by atoms with Gasteiger partial charge in [0.05, 0.1) is 13.7 Å². The maximum absolute atomic E-state index is 12.0. The SMILES string of the molecule is COc1cccc(OCCNC(=O)C(C)Oc2cccc(C)c2)c1. The second kappa shape index (κ2) is 8.82. The van der Waals surface area contributed by atoms with Crippen molar-refractivity contribution in [3.63, 3.8) is 0 Å². The molecule has 0 aliphatic carbocycles. The van der Waals surface area contributed by atoms with Gasteiger partial charge in [-0.3, -0.25) is 4.79 Å². The standard InChI is InChI=1S/C19H23NO4/c1-14-6-4-9-18(12-14)24-15(2)19(21)20-10-11-23-17-8-5-7-16(13-17)22-3/h4-9,12-13,15H,10-11H2,1-3H3,(H,20,21). The third kappa shape index (κ3) is 5.50. The van der Waals surface area contributed by atoms with E-state index < -0.39 is 6.10 Å². The highest BCUT2D eigenvalue weighted by atomic mass is 16.5. The number of amides is 1. The highest BCUT2D eigenvalue weighted by molar-refractivity contribution is 5.80. The Morgan fingerprint density at radius 3 is 2.54 bits per heavy atom. The van der Waals surface area contributed by atoms with Crippen molar-refractivity contribution in [1.29, 1.82) is 0 Å². The molecule has 0 fully saturated rings. The first kappa shape index (κ1) is 17.7. The quantitative estimate of drug-likeness (QED) is 0.757. The number of nitrogens with one attached hydrogen (secondary N) is 1. The number of carbonyl (C=O) groups excluding carboxylic acids is 1. The molecule has 0 heterocycles. The summed E-state index contributed by atoms with van der Waals surface area (Å²) in [5.74, 6) is 1.94. The van der Waals surface area contributed by atoms with Gasteiger partial charge in [-0.05, 0) is 43.7 Å². The topological polar surface area (TPSA) is 56.8 Å². The maximum atomic E-state index is 12.0. The maximum Gasteiger partial charge on any atom is 0.260 e. The van der Waals surface area contributed by atoms with E-state index in [2.05, 4.69) is 5.32 Å². The molecule has 0 radical (unpaired) electrons. The molecule has 0 bridgehead atoms. The first-order valence-corrected chi connectivity index (χ1v) is 7.86. The summed E-state index contributed by atoms with van der Waals surface area (Å²) >= 11 is 0. The van der Waals surface area contributed by atoms with Gasteiger partial charge in [-0.15, -0.1) is 0 Å². The molecular formula is C19H23NO4. The van der Waals surface area contributed by atoms with Crippen LogP contribution in [0.4, 0.5) is 0 Å². The molecule has 1 N–H and O–H groups in total. The smallest absolute Gasteiger partial charge is 0.260 e. The molecule has 0 spiro atoms. The van der Waals surface area contributed by atoms with E-state index in [0.29, 0.717) is 24.7 Å². The zero-order valence-corrected chi connectivity index (χ0v) is 14.2. The summed E-state index contributed by atoms with van der Waals surface area (Å²) in [6.07, 6.45) is -0.566. The summed E-state index contributed by atoms with van der Waals surface area (Å²) in [5, 5.41) is 2.80. The van der Waals surface area contributed by atoms with Crippen molar-refractivity contribution >= 4 is 5.91 Å². The van der Waals surface area contributed by atoms with Crippen molar-refractivity contribution in [1.82, 2.24) is 5.32 Å². The van der Waals surface area contributed by atoms with E-state index in [1.54, 1.807) is 20.1 Å². The molecular weight excluding hydrogens is 306 g/mol. The van der Waals surface area contributed by atoms with Crippen LogP contribution in [0.2, 0.25) is 0 Å². The third-order valence-corrected chi connectivity index (χ3v) is 3.38. The second-order valence-corrected chi connectivity index (χ2v) is 5.40. The van der Waals surface area contributed by atoms with Gasteiger partial charge in [0.25, 0.3) is 5.91 Å². The number of methoxy groups -OCH3 is 1. The summed E-state index contributed by atoms with van der Waals surface area (Å²) in [6, 6.07) is 15.0. The molecule has 5 heteroatoms. The van der Waals surface area contributed by atoms with Gasteiger partial charge in [0, 0.05) is 6.07 Å². The van der Waals surface area contributed by atoms with Crippen LogP contribution < -0.4 is 19.5 Å². The Kier molecular flexibility index (Phi) is 6.49. The molecule has 2 aromatic rings. The Hall–Kier alpha value is -2.69. The Morgan fingerprint density at radius 1 is 1.08 bits per heavy atom. The number of rotatable bonds is 8. The summed E-state index contributed by atoms with van der Waals surface area (Å²) in [6.45, 7) is 4.47.